The Balaban J connectivity index is 2.30. The van der Waals surface area contributed by atoms with Gasteiger partial charge in [-0.15, -0.1) is 0 Å². The third kappa shape index (κ3) is 5.87. The van der Waals surface area contributed by atoms with E-state index in [1.165, 1.54) is 0 Å². The highest BCUT2D eigenvalue weighted by Gasteiger charge is 2.12. The maximum atomic E-state index is 9.66. The number of benzene rings is 1. The van der Waals surface area contributed by atoms with Gasteiger partial charge >= 0.3 is 0 Å². The lowest BCUT2D eigenvalue weighted by Crippen LogP contribution is -2.28. The van der Waals surface area contributed by atoms with E-state index in [9.17, 15) is 10.2 Å². The van der Waals surface area contributed by atoms with Gasteiger partial charge in [0.1, 0.15) is 18.0 Å². The highest BCUT2D eigenvalue weighted by molar-refractivity contribution is 5.26. The fraction of sp³-hybridized carbons (Fsp3) is 0.467. The average Bonchev–Trinajstić information content (AvgIpc) is 2.45. The van der Waals surface area contributed by atoms with Crippen molar-refractivity contribution >= 4 is 0 Å². The van der Waals surface area contributed by atoms with Gasteiger partial charge in [0.15, 0.2) is 0 Å². The molecule has 0 aliphatic rings. The number of methoxy groups -OCH3 is 1. The molecule has 0 unspecified atom stereocenters. The lowest BCUT2D eigenvalue weighted by molar-refractivity contribution is -0.0249. The van der Waals surface area contributed by atoms with Crippen molar-refractivity contribution in [2.75, 3.05) is 13.7 Å². The molecule has 0 radical (unpaired) electrons. The minimum Gasteiger partial charge on any atom is -0.497 e. The largest absolute Gasteiger partial charge is 0.497 e. The van der Waals surface area contributed by atoms with Gasteiger partial charge in [-0.2, -0.15) is 0 Å². The number of aliphatic hydroxyl groups excluding tert-OH is 2. The summed E-state index contributed by atoms with van der Waals surface area (Å²) in [6.45, 7) is 2.46. The van der Waals surface area contributed by atoms with Gasteiger partial charge in [0.2, 0.25) is 0 Å². The first-order valence-electron chi connectivity index (χ1n) is 6.40. The van der Waals surface area contributed by atoms with Crippen LogP contribution < -0.4 is 4.74 Å². The molecule has 106 valence electrons. The Bertz CT molecular complexity index is 372. The van der Waals surface area contributed by atoms with Crippen molar-refractivity contribution in [3.8, 4) is 5.75 Å². The predicted molar refractivity (Wildman–Crippen MR) is 74.1 cm³/mol. The summed E-state index contributed by atoms with van der Waals surface area (Å²) in [5.41, 5.74) is 0.992. The lowest BCUT2D eigenvalue weighted by atomic mass is 10.2. The van der Waals surface area contributed by atoms with Crippen molar-refractivity contribution in [2.24, 2.45) is 0 Å². The van der Waals surface area contributed by atoms with E-state index < -0.39 is 12.2 Å². The van der Waals surface area contributed by atoms with E-state index in [-0.39, 0.29) is 6.61 Å². The Labute approximate surface area is 114 Å². The maximum Gasteiger partial charge on any atom is 0.118 e. The number of rotatable bonds is 8. The van der Waals surface area contributed by atoms with Gasteiger partial charge in [-0.3, -0.25) is 0 Å². The first kappa shape index (κ1) is 15.7. The summed E-state index contributed by atoms with van der Waals surface area (Å²) in [5.74, 6) is 0.795. The SMILES string of the molecule is CC/C=C\[C@H](O)[C@H](O)COCc1ccc(OC)cc1. The smallest absolute Gasteiger partial charge is 0.118 e. The monoisotopic (exact) mass is 266 g/mol. The molecule has 0 aliphatic carbocycles. The fourth-order valence-electron chi connectivity index (χ4n) is 1.52. The van der Waals surface area contributed by atoms with E-state index in [1.807, 2.05) is 37.3 Å². The molecule has 1 aromatic rings. The molecule has 0 saturated heterocycles. The van der Waals surface area contributed by atoms with E-state index in [1.54, 1.807) is 13.2 Å². The summed E-state index contributed by atoms with van der Waals surface area (Å²) in [7, 11) is 1.62. The van der Waals surface area contributed by atoms with Crippen LogP contribution in [0.1, 0.15) is 18.9 Å². The van der Waals surface area contributed by atoms with Gasteiger partial charge in [0.05, 0.1) is 20.3 Å². The molecule has 4 heteroatoms. The standard InChI is InChI=1S/C15H22O4/c1-3-4-5-14(16)15(17)11-19-10-12-6-8-13(18-2)9-7-12/h4-9,14-17H,3,10-11H2,1-2H3/b5-4-/t14-,15+/m0/s1. The van der Waals surface area contributed by atoms with Gasteiger partial charge in [-0.05, 0) is 24.1 Å². The van der Waals surface area contributed by atoms with Crippen molar-refractivity contribution in [1.29, 1.82) is 0 Å². The summed E-state index contributed by atoms with van der Waals surface area (Å²) in [6.07, 6.45) is 2.45. The van der Waals surface area contributed by atoms with Crippen molar-refractivity contribution < 1.29 is 19.7 Å². The second-order valence-electron chi connectivity index (χ2n) is 4.26. The molecule has 4 nitrogen and oxygen atoms in total. The van der Waals surface area contributed by atoms with E-state index in [4.69, 9.17) is 9.47 Å². The molecular weight excluding hydrogens is 244 g/mol. The summed E-state index contributed by atoms with van der Waals surface area (Å²) < 4.78 is 10.4. The van der Waals surface area contributed by atoms with E-state index >= 15 is 0 Å². The van der Waals surface area contributed by atoms with Crippen LogP contribution in [0, 0.1) is 0 Å². The third-order valence-corrected chi connectivity index (χ3v) is 2.68. The Morgan fingerprint density at radius 2 is 1.89 bits per heavy atom. The Hall–Kier alpha value is -1.36. The summed E-state index contributed by atoms with van der Waals surface area (Å²) in [6, 6.07) is 7.51. The maximum absolute atomic E-state index is 9.66. The first-order chi connectivity index (χ1) is 9.17. The Morgan fingerprint density at radius 1 is 1.21 bits per heavy atom. The van der Waals surface area contributed by atoms with Crippen LogP contribution in [-0.2, 0) is 11.3 Å². The van der Waals surface area contributed by atoms with Crippen LogP contribution in [0.2, 0.25) is 0 Å². The van der Waals surface area contributed by atoms with Crippen LogP contribution in [0.4, 0.5) is 0 Å². The summed E-state index contributed by atoms with van der Waals surface area (Å²) >= 11 is 0. The highest BCUT2D eigenvalue weighted by atomic mass is 16.5. The van der Waals surface area contributed by atoms with Gasteiger partial charge < -0.3 is 19.7 Å². The van der Waals surface area contributed by atoms with Crippen LogP contribution in [0.15, 0.2) is 36.4 Å². The van der Waals surface area contributed by atoms with Crippen molar-refractivity contribution in [2.45, 2.75) is 32.2 Å². The normalized spacial score (nSPS) is 14.5. The molecule has 19 heavy (non-hydrogen) atoms. The molecule has 0 aromatic heterocycles. The lowest BCUT2D eigenvalue weighted by Gasteiger charge is -2.14. The van der Waals surface area contributed by atoms with Crippen molar-refractivity contribution in [3.63, 3.8) is 0 Å². The molecule has 0 fully saturated rings. The van der Waals surface area contributed by atoms with Gasteiger partial charge in [0, 0.05) is 0 Å². The quantitative estimate of drug-likeness (QED) is 0.706. The minimum absolute atomic E-state index is 0.0985. The summed E-state index contributed by atoms with van der Waals surface area (Å²) in [5, 5.41) is 19.2. The van der Waals surface area contributed by atoms with E-state index in [0.717, 1.165) is 17.7 Å². The zero-order valence-electron chi connectivity index (χ0n) is 11.5. The molecule has 0 spiro atoms. The first-order valence-corrected chi connectivity index (χ1v) is 6.40. The van der Waals surface area contributed by atoms with Crippen LogP contribution in [-0.4, -0.2) is 36.1 Å². The molecule has 1 aromatic carbocycles. The van der Waals surface area contributed by atoms with Crippen LogP contribution in [0.3, 0.4) is 0 Å². The zero-order valence-corrected chi connectivity index (χ0v) is 11.5. The number of hydrogen-bond donors (Lipinski definition) is 2. The van der Waals surface area contributed by atoms with Crippen LogP contribution in [0.25, 0.3) is 0 Å². The van der Waals surface area contributed by atoms with E-state index in [2.05, 4.69) is 0 Å². The molecule has 0 heterocycles. The second kappa shape index (κ2) is 8.69. The molecule has 0 amide bonds. The molecule has 2 atom stereocenters. The number of allylic oxidation sites excluding steroid dienone is 1. The Kier molecular flexibility index (Phi) is 7.18. The topological polar surface area (TPSA) is 58.9 Å². The molecular formula is C15H22O4. The van der Waals surface area contributed by atoms with Crippen molar-refractivity contribution in [3.05, 3.63) is 42.0 Å². The number of hydrogen-bond acceptors (Lipinski definition) is 4. The molecule has 0 saturated carbocycles. The third-order valence-electron chi connectivity index (χ3n) is 2.68. The zero-order chi connectivity index (χ0) is 14.1. The molecule has 2 N–H and O–H groups in total. The van der Waals surface area contributed by atoms with Gasteiger partial charge in [0.25, 0.3) is 0 Å². The van der Waals surface area contributed by atoms with E-state index in [0.29, 0.717) is 6.61 Å². The molecule has 1 rings (SSSR count). The predicted octanol–water partition coefficient (Wildman–Crippen LogP) is 1.90. The minimum atomic E-state index is -0.902. The molecule has 0 bridgehead atoms. The highest BCUT2D eigenvalue weighted by Crippen LogP contribution is 2.12. The van der Waals surface area contributed by atoms with Crippen molar-refractivity contribution in [1.82, 2.24) is 0 Å². The number of aliphatic hydroxyl groups is 2. The fourth-order valence-corrected chi connectivity index (χ4v) is 1.52. The second-order valence-corrected chi connectivity index (χ2v) is 4.26. The van der Waals surface area contributed by atoms with Crippen LogP contribution in [0.5, 0.6) is 5.75 Å². The molecule has 0 aliphatic heterocycles. The Morgan fingerprint density at radius 3 is 2.47 bits per heavy atom. The number of ether oxygens (including phenoxy) is 2. The summed E-state index contributed by atoms with van der Waals surface area (Å²) in [4.78, 5) is 0. The van der Waals surface area contributed by atoms with Crippen LogP contribution >= 0.6 is 0 Å². The van der Waals surface area contributed by atoms with Gasteiger partial charge in [-0.1, -0.05) is 31.2 Å². The average molecular weight is 266 g/mol. The van der Waals surface area contributed by atoms with Gasteiger partial charge in [-0.25, -0.2) is 0 Å².